The first kappa shape index (κ1) is 19.7. The van der Waals surface area contributed by atoms with E-state index in [1.165, 1.54) is 33.6 Å². The Balaban J connectivity index is 1.35. The number of nitrogens with one attached hydrogen (secondary N) is 1. The molecule has 1 heterocycles. The molecule has 5 heteroatoms. The topological polar surface area (TPSA) is 42.0 Å². The zero-order valence-electron chi connectivity index (χ0n) is 17.5. The largest absolute Gasteiger partial charge is 0.301 e. The van der Waals surface area contributed by atoms with Crippen molar-refractivity contribution in [1.29, 1.82) is 0 Å². The molecule has 2 bridgehead atoms. The fourth-order valence-electron chi connectivity index (χ4n) is 5.54. The van der Waals surface area contributed by atoms with Crippen LogP contribution in [0.25, 0.3) is 11.3 Å². The number of carbonyl (C=O) groups excluding carboxylic acids is 1. The molecule has 3 aliphatic carbocycles. The molecule has 1 amide bonds. The highest BCUT2D eigenvalue weighted by atomic mass is 35.5. The molecule has 0 saturated carbocycles. The van der Waals surface area contributed by atoms with Gasteiger partial charge in [0.2, 0.25) is 5.91 Å². The molecular formula is C27H21ClN2OS. The molecule has 0 fully saturated rings. The van der Waals surface area contributed by atoms with Gasteiger partial charge in [-0.15, -0.1) is 11.3 Å². The number of rotatable bonds is 3. The first-order chi connectivity index (χ1) is 15.5. The summed E-state index contributed by atoms with van der Waals surface area (Å²) < 4.78 is 0. The van der Waals surface area contributed by atoms with Crippen LogP contribution in [0.5, 0.6) is 0 Å². The molecule has 0 spiro atoms. The van der Waals surface area contributed by atoms with Gasteiger partial charge in [-0.1, -0.05) is 72.3 Å². The average molecular weight is 457 g/mol. The van der Waals surface area contributed by atoms with Gasteiger partial charge in [-0.2, -0.15) is 0 Å². The lowest BCUT2D eigenvalue weighted by atomic mass is 9.52. The summed E-state index contributed by atoms with van der Waals surface area (Å²) in [7, 11) is 0. The Bertz CT molecular complexity index is 1320. The highest BCUT2D eigenvalue weighted by molar-refractivity contribution is 7.14. The van der Waals surface area contributed by atoms with Gasteiger partial charge in [0, 0.05) is 27.8 Å². The summed E-state index contributed by atoms with van der Waals surface area (Å²) in [5.74, 6) is 0.303. The lowest BCUT2D eigenvalue weighted by Crippen LogP contribution is -2.47. The SMILES string of the molecule is C[C@@]1(C(=O)Nc2nc(-c3cccc(Cl)c3)cs2)CC2c3ccccc3C1c1ccccc12. The first-order valence-corrected chi connectivity index (χ1v) is 12.0. The molecular weight excluding hydrogens is 436 g/mol. The summed E-state index contributed by atoms with van der Waals surface area (Å²) in [6.45, 7) is 2.11. The van der Waals surface area contributed by atoms with Gasteiger partial charge in [0.15, 0.2) is 5.13 Å². The molecule has 3 aromatic carbocycles. The van der Waals surface area contributed by atoms with Crippen molar-refractivity contribution in [2.45, 2.75) is 25.2 Å². The molecule has 1 aromatic heterocycles. The predicted molar refractivity (Wildman–Crippen MR) is 130 cm³/mol. The highest BCUT2D eigenvalue weighted by Gasteiger charge is 2.53. The number of carbonyl (C=O) groups is 1. The number of anilines is 1. The lowest BCUT2D eigenvalue weighted by Gasteiger charge is -2.50. The van der Waals surface area contributed by atoms with E-state index < -0.39 is 5.41 Å². The molecule has 1 N–H and O–H groups in total. The van der Waals surface area contributed by atoms with Crippen LogP contribution in [-0.4, -0.2) is 10.9 Å². The second kappa shape index (κ2) is 7.29. The van der Waals surface area contributed by atoms with Crippen molar-refractivity contribution in [3.8, 4) is 11.3 Å². The number of amides is 1. The third-order valence-corrected chi connectivity index (χ3v) is 7.99. The monoisotopic (exact) mass is 456 g/mol. The van der Waals surface area contributed by atoms with Gasteiger partial charge in [-0.05, 0) is 47.7 Å². The van der Waals surface area contributed by atoms with Crippen LogP contribution in [-0.2, 0) is 4.79 Å². The number of nitrogens with zero attached hydrogens (tertiary/aromatic N) is 1. The number of halogens is 1. The number of hydrogen-bond donors (Lipinski definition) is 1. The Morgan fingerprint density at radius 2 is 1.66 bits per heavy atom. The smallest absolute Gasteiger partial charge is 0.233 e. The third kappa shape index (κ3) is 2.94. The second-order valence-electron chi connectivity index (χ2n) is 8.87. The summed E-state index contributed by atoms with van der Waals surface area (Å²) in [6.07, 6.45) is 0.796. The Hall–Kier alpha value is -2.95. The van der Waals surface area contributed by atoms with Gasteiger partial charge in [0.05, 0.1) is 11.1 Å². The average Bonchev–Trinajstić information content (AvgIpc) is 3.28. The van der Waals surface area contributed by atoms with E-state index in [2.05, 4.69) is 65.8 Å². The summed E-state index contributed by atoms with van der Waals surface area (Å²) in [5, 5.41) is 6.39. The number of thiazole rings is 1. The Morgan fingerprint density at radius 3 is 2.31 bits per heavy atom. The molecule has 0 aliphatic heterocycles. The fraction of sp³-hybridized carbons (Fsp3) is 0.185. The number of aromatic nitrogens is 1. The summed E-state index contributed by atoms with van der Waals surface area (Å²) >= 11 is 7.58. The molecule has 158 valence electrons. The molecule has 32 heavy (non-hydrogen) atoms. The van der Waals surface area contributed by atoms with Crippen molar-refractivity contribution in [2.24, 2.45) is 5.41 Å². The van der Waals surface area contributed by atoms with Crippen LogP contribution in [0.3, 0.4) is 0 Å². The van der Waals surface area contributed by atoms with Crippen molar-refractivity contribution in [1.82, 2.24) is 4.98 Å². The van der Waals surface area contributed by atoms with Crippen molar-refractivity contribution >= 4 is 34.0 Å². The van der Waals surface area contributed by atoms with Crippen LogP contribution in [0.4, 0.5) is 5.13 Å². The third-order valence-electron chi connectivity index (χ3n) is 6.99. The maximum atomic E-state index is 13.7. The lowest BCUT2D eigenvalue weighted by molar-refractivity contribution is -0.126. The summed E-state index contributed by atoms with van der Waals surface area (Å²) in [6, 6.07) is 24.8. The Kier molecular flexibility index (Phi) is 4.49. The number of fused-ring (bicyclic) bond motifs is 1. The van der Waals surface area contributed by atoms with Crippen LogP contribution < -0.4 is 5.32 Å². The van der Waals surface area contributed by atoms with Crippen molar-refractivity contribution in [3.63, 3.8) is 0 Å². The minimum absolute atomic E-state index is 0.0310. The van der Waals surface area contributed by atoms with Gasteiger partial charge < -0.3 is 5.32 Å². The first-order valence-electron chi connectivity index (χ1n) is 10.8. The van der Waals surface area contributed by atoms with Crippen molar-refractivity contribution < 1.29 is 4.79 Å². The maximum absolute atomic E-state index is 13.7. The number of benzene rings is 3. The van der Waals surface area contributed by atoms with Crippen LogP contribution >= 0.6 is 22.9 Å². The Labute approximate surface area is 196 Å². The minimum Gasteiger partial charge on any atom is -0.301 e. The van der Waals surface area contributed by atoms with E-state index in [4.69, 9.17) is 11.6 Å². The van der Waals surface area contributed by atoms with E-state index in [1.807, 2.05) is 29.6 Å². The molecule has 3 nitrogen and oxygen atoms in total. The van der Waals surface area contributed by atoms with E-state index in [-0.39, 0.29) is 17.7 Å². The molecule has 3 aliphatic rings. The molecule has 7 rings (SSSR count). The molecule has 4 aromatic rings. The van der Waals surface area contributed by atoms with E-state index >= 15 is 0 Å². The van der Waals surface area contributed by atoms with E-state index in [9.17, 15) is 4.79 Å². The van der Waals surface area contributed by atoms with Gasteiger partial charge in [0.25, 0.3) is 0 Å². The van der Waals surface area contributed by atoms with E-state index in [0.717, 1.165) is 17.7 Å². The van der Waals surface area contributed by atoms with Gasteiger partial charge in [0.1, 0.15) is 0 Å². The van der Waals surface area contributed by atoms with E-state index in [1.54, 1.807) is 0 Å². The molecule has 0 radical (unpaired) electrons. The van der Waals surface area contributed by atoms with Crippen molar-refractivity contribution in [2.75, 3.05) is 5.32 Å². The van der Waals surface area contributed by atoms with Gasteiger partial charge in [-0.25, -0.2) is 4.98 Å². The van der Waals surface area contributed by atoms with Crippen molar-refractivity contribution in [3.05, 3.63) is 105 Å². The molecule has 0 unspecified atom stereocenters. The standard InChI is InChI=1S/C27H21ClN2OS/c1-27(25(31)30-26-29-23(15-32-26)16-7-6-8-17(28)13-16)14-22-18-9-2-4-11-20(18)24(27)21-12-5-3-10-19(21)22/h2-13,15,22,24H,14H2,1H3,(H,29,30,31)/t22?,24?,27-/m1/s1. The maximum Gasteiger partial charge on any atom is 0.233 e. The fourth-order valence-corrected chi connectivity index (χ4v) is 6.45. The van der Waals surface area contributed by atoms with Gasteiger partial charge in [-0.3, -0.25) is 4.79 Å². The number of hydrogen-bond acceptors (Lipinski definition) is 3. The highest BCUT2D eigenvalue weighted by Crippen LogP contribution is 2.61. The van der Waals surface area contributed by atoms with Gasteiger partial charge >= 0.3 is 0 Å². The molecule has 1 atom stereocenters. The second-order valence-corrected chi connectivity index (χ2v) is 10.2. The summed E-state index contributed by atoms with van der Waals surface area (Å²) in [4.78, 5) is 18.4. The minimum atomic E-state index is -0.546. The van der Waals surface area contributed by atoms with E-state index in [0.29, 0.717) is 10.2 Å². The molecule has 0 saturated heterocycles. The summed E-state index contributed by atoms with van der Waals surface area (Å²) in [5.41, 5.74) is 6.49. The van der Waals surface area contributed by atoms with Crippen LogP contribution in [0.1, 0.15) is 47.4 Å². The Morgan fingerprint density at radius 1 is 1.00 bits per heavy atom. The van der Waals surface area contributed by atoms with Crippen LogP contribution in [0.2, 0.25) is 5.02 Å². The van der Waals surface area contributed by atoms with Crippen LogP contribution in [0.15, 0.2) is 78.2 Å². The van der Waals surface area contributed by atoms with Crippen LogP contribution in [0, 0.1) is 5.41 Å². The predicted octanol–water partition coefficient (Wildman–Crippen LogP) is 7.09. The zero-order valence-corrected chi connectivity index (χ0v) is 19.1. The normalized spacial score (nSPS) is 22.8. The quantitative estimate of drug-likeness (QED) is 0.357. The zero-order chi connectivity index (χ0) is 21.9.